The van der Waals surface area contributed by atoms with E-state index >= 15 is 0 Å². The first kappa shape index (κ1) is 13.1. The number of alkyl halides is 3. The molecule has 0 saturated carbocycles. The van der Waals surface area contributed by atoms with Crippen LogP contribution in [0.1, 0.15) is 12.5 Å². The first-order chi connectivity index (χ1) is 7.23. The highest BCUT2D eigenvalue weighted by atomic mass is 35.5. The Morgan fingerprint density at radius 2 is 1.88 bits per heavy atom. The Hall–Kier alpha value is -0.940. The van der Waals surface area contributed by atoms with Crippen molar-refractivity contribution in [3.63, 3.8) is 0 Å². The Labute approximate surface area is 99.3 Å². The number of halogens is 5. The van der Waals surface area contributed by atoms with Crippen LogP contribution in [0.2, 0.25) is 10.0 Å². The lowest BCUT2D eigenvalue weighted by Crippen LogP contribution is -2.11. The molecule has 7 heteroatoms. The van der Waals surface area contributed by atoms with E-state index in [1.807, 2.05) is 0 Å². The molecule has 0 unspecified atom stereocenters. The highest BCUT2D eigenvalue weighted by Gasteiger charge is 2.36. The van der Waals surface area contributed by atoms with Crippen molar-refractivity contribution in [1.82, 2.24) is 0 Å². The topological polar surface area (TPSA) is 29.1 Å². The van der Waals surface area contributed by atoms with Gasteiger partial charge in [-0.05, 0) is 12.1 Å². The van der Waals surface area contributed by atoms with Crippen molar-refractivity contribution in [1.29, 1.82) is 0 Å². The summed E-state index contributed by atoms with van der Waals surface area (Å²) in [5, 5.41) is 1.06. The van der Waals surface area contributed by atoms with Crippen LogP contribution in [0.25, 0.3) is 0 Å². The maximum Gasteiger partial charge on any atom is 0.419 e. The molecule has 1 rings (SSSR count). The average Bonchev–Trinajstić information content (AvgIpc) is 2.07. The first-order valence-electron chi connectivity index (χ1n) is 4.06. The van der Waals surface area contributed by atoms with Crippen molar-refractivity contribution in [3.8, 4) is 0 Å². The van der Waals surface area contributed by atoms with Crippen molar-refractivity contribution in [2.45, 2.75) is 13.1 Å². The zero-order chi connectivity index (χ0) is 12.5. The van der Waals surface area contributed by atoms with Crippen LogP contribution in [-0.2, 0) is 11.0 Å². The van der Waals surface area contributed by atoms with Crippen molar-refractivity contribution in [2.24, 2.45) is 0 Å². The monoisotopic (exact) mass is 271 g/mol. The molecule has 0 radical (unpaired) electrons. The predicted octanol–water partition coefficient (Wildman–Crippen LogP) is 3.97. The van der Waals surface area contributed by atoms with Crippen LogP contribution >= 0.6 is 23.2 Å². The highest BCUT2D eigenvalue weighted by molar-refractivity contribution is 6.38. The summed E-state index contributed by atoms with van der Waals surface area (Å²) in [4.78, 5) is 10.7. The SMILES string of the molecule is CC(=O)Nc1ccc(Cl)c(C(F)(F)F)c1Cl. The third kappa shape index (κ3) is 2.80. The van der Waals surface area contributed by atoms with E-state index in [9.17, 15) is 18.0 Å². The Kier molecular flexibility index (Phi) is 3.70. The van der Waals surface area contributed by atoms with E-state index in [1.54, 1.807) is 0 Å². The van der Waals surface area contributed by atoms with Gasteiger partial charge in [-0.1, -0.05) is 23.2 Å². The minimum atomic E-state index is -4.66. The average molecular weight is 272 g/mol. The van der Waals surface area contributed by atoms with Crippen LogP contribution in [0.3, 0.4) is 0 Å². The van der Waals surface area contributed by atoms with Gasteiger partial charge in [-0.3, -0.25) is 4.79 Å². The molecule has 88 valence electrons. The van der Waals surface area contributed by atoms with Gasteiger partial charge in [0.1, 0.15) is 0 Å². The molecule has 0 aromatic heterocycles. The standard InChI is InChI=1S/C9H6Cl2F3NO/c1-4(16)15-6-3-2-5(10)7(8(6)11)9(12,13)14/h2-3H,1H3,(H,15,16). The summed E-state index contributed by atoms with van der Waals surface area (Å²) in [6.45, 7) is 1.16. The maximum atomic E-state index is 12.5. The van der Waals surface area contributed by atoms with Crippen LogP contribution in [0.4, 0.5) is 18.9 Å². The van der Waals surface area contributed by atoms with E-state index < -0.39 is 27.7 Å². The zero-order valence-electron chi connectivity index (χ0n) is 7.95. The number of amides is 1. The molecule has 1 aromatic rings. The number of anilines is 1. The van der Waals surface area contributed by atoms with Gasteiger partial charge in [-0.2, -0.15) is 13.2 Å². The van der Waals surface area contributed by atoms with Crippen LogP contribution in [0.15, 0.2) is 12.1 Å². The molecule has 16 heavy (non-hydrogen) atoms. The molecule has 0 heterocycles. The second-order valence-electron chi connectivity index (χ2n) is 2.96. The summed E-state index contributed by atoms with van der Waals surface area (Å²) < 4.78 is 37.6. The van der Waals surface area contributed by atoms with Gasteiger partial charge in [0, 0.05) is 6.92 Å². The van der Waals surface area contributed by atoms with Crippen molar-refractivity contribution < 1.29 is 18.0 Å². The van der Waals surface area contributed by atoms with Crippen molar-refractivity contribution >= 4 is 34.8 Å². The van der Waals surface area contributed by atoms with Crippen LogP contribution in [-0.4, -0.2) is 5.91 Å². The number of hydrogen-bond acceptors (Lipinski definition) is 1. The number of rotatable bonds is 1. The van der Waals surface area contributed by atoms with Gasteiger partial charge in [0.2, 0.25) is 5.91 Å². The predicted molar refractivity (Wildman–Crippen MR) is 55.8 cm³/mol. The van der Waals surface area contributed by atoms with E-state index in [0.717, 1.165) is 13.0 Å². The summed E-state index contributed by atoms with van der Waals surface area (Å²) in [5.74, 6) is -0.516. The Morgan fingerprint density at radius 1 is 1.31 bits per heavy atom. The number of nitrogens with one attached hydrogen (secondary N) is 1. The van der Waals surface area contributed by atoms with Crippen LogP contribution in [0, 0.1) is 0 Å². The van der Waals surface area contributed by atoms with E-state index in [1.165, 1.54) is 6.07 Å². The summed E-state index contributed by atoms with van der Waals surface area (Å²) in [5.41, 5.74) is -1.27. The third-order valence-electron chi connectivity index (χ3n) is 1.69. The van der Waals surface area contributed by atoms with E-state index in [2.05, 4.69) is 5.32 Å². The molecule has 0 atom stereocenters. The minimum Gasteiger partial charge on any atom is -0.325 e. The third-order valence-corrected chi connectivity index (χ3v) is 2.39. The molecular formula is C9H6Cl2F3NO. The number of benzene rings is 1. The van der Waals surface area contributed by atoms with Gasteiger partial charge in [0.25, 0.3) is 0 Å². The fourth-order valence-corrected chi connectivity index (χ4v) is 1.73. The molecule has 0 fully saturated rings. The molecule has 2 nitrogen and oxygen atoms in total. The summed E-state index contributed by atoms with van der Waals surface area (Å²) >= 11 is 10.9. The highest BCUT2D eigenvalue weighted by Crippen LogP contribution is 2.42. The molecule has 0 aliphatic rings. The second kappa shape index (κ2) is 4.51. The summed E-state index contributed by atoms with van der Waals surface area (Å²) in [6.07, 6.45) is -4.66. The summed E-state index contributed by atoms with van der Waals surface area (Å²) in [6, 6.07) is 2.24. The smallest absolute Gasteiger partial charge is 0.325 e. The van der Waals surface area contributed by atoms with Crippen molar-refractivity contribution in [3.05, 3.63) is 27.7 Å². The maximum absolute atomic E-state index is 12.5. The Bertz CT molecular complexity index is 431. The fraction of sp³-hybridized carbons (Fsp3) is 0.222. The largest absolute Gasteiger partial charge is 0.419 e. The van der Waals surface area contributed by atoms with Gasteiger partial charge in [0.15, 0.2) is 0 Å². The van der Waals surface area contributed by atoms with Gasteiger partial charge < -0.3 is 5.32 Å². The molecule has 1 aromatic carbocycles. The zero-order valence-corrected chi connectivity index (χ0v) is 9.46. The molecule has 0 aliphatic carbocycles. The van der Waals surface area contributed by atoms with E-state index in [4.69, 9.17) is 23.2 Å². The van der Waals surface area contributed by atoms with Gasteiger partial charge in [-0.15, -0.1) is 0 Å². The number of hydrogen-bond donors (Lipinski definition) is 1. The van der Waals surface area contributed by atoms with E-state index in [0.29, 0.717) is 0 Å². The molecular weight excluding hydrogens is 266 g/mol. The molecule has 0 aliphatic heterocycles. The van der Waals surface area contributed by atoms with Gasteiger partial charge in [0.05, 0.1) is 21.3 Å². The molecule has 1 N–H and O–H groups in total. The minimum absolute atomic E-state index is 0.120. The fourth-order valence-electron chi connectivity index (χ4n) is 1.10. The van der Waals surface area contributed by atoms with Crippen LogP contribution < -0.4 is 5.32 Å². The van der Waals surface area contributed by atoms with Crippen molar-refractivity contribution in [2.75, 3.05) is 5.32 Å². The molecule has 0 bridgehead atoms. The summed E-state index contributed by atoms with van der Waals surface area (Å²) in [7, 11) is 0. The lowest BCUT2D eigenvalue weighted by atomic mass is 10.2. The lowest BCUT2D eigenvalue weighted by molar-refractivity contribution is -0.137. The first-order valence-corrected chi connectivity index (χ1v) is 4.82. The molecule has 1 amide bonds. The Balaban J connectivity index is 3.33. The van der Waals surface area contributed by atoms with Gasteiger partial charge >= 0.3 is 6.18 Å². The lowest BCUT2D eigenvalue weighted by Gasteiger charge is -2.14. The molecule has 0 saturated heterocycles. The normalized spacial score (nSPS) is 11.4. The second-order valence-corrected chi connectivity index (χ2v) is 3.75. The number of carbonyl (C=O) groups is 1. The number of carbonyl (C=O) groups excluding carboxylic acids is 1. The van der Waals surface area contributed by atoms with Gasteiger partial charge in [-0.25, -0.2) is 0 Å². The quantitative estimate of drug-likeness (QED) is 0.823. The van der Waals surface area contributed by atoms with Crippen LogP contribution in [0.5, 0.6) is 0 Å². The Morgan fingerprint density at radius 3 is 2.31 bits per heavy atom. The van der Waals surface area contributed by atoms with E-state index in [-0.39, 0.29) is 5.69 Å². The molecule has 0 spiro atoms.